The number of nitrogens with zero attached hydrogens (tertiary/aromatic N) is 2. The van der Waals surface area contributed by atoms with Crippen LogP contribution in [0, 0.1) is 18.8 Å². The van der Waals surface area contributed by atoms with E-state index in [9.17, 15) is 0 Å². The van der Waals surface area contributed by atoms with Crippen molar-refractivity contribution in [2.24, 2.45) is 17.6 Å². The van der Waals surface area contributed by atoms with Crippen molar-refractivity contribution in [1.82, 2.24) is 4.98 Å². The molecule has 2 rings (SSSR count). The summed E-state index contributed by atoms with van der Waals surface area (Å²) >= 11 is 0. The van der Waals surface area contributed by atoms with Gasteiger partial charge < -0.3 is 10.6 Å². The second-order valence-corrected chi connectivity index (χ2v) is 5.32. The minimum Gasteiger partial charge on any atom is -0.356 e. The summed E-state index contributed by atoms with van der Waals surface area (Å²) in [6.07, 6.45) is 3.15. The summed E-state index contributed by atoms with van der Waals surface area (Å²) in [5.74, 6) is 2.65. The number of rotatable bonds is 2. The van der Waals surface area contributed by atoms with E-state index >= 15 is 0 Å². The number of pyridine rings is 1. The van der Waals surface area contributed by atoms with Gasteiger partial charge in [0.1, 0.15) is 5.82 Å². The largest absolute Gasteiger partial charge is 0.356 e. The molecule has 2 heterocycles. The lowest BCUT2D eigenvalue weighted by molar-refractivity contribution is 0.322. The van der Waals surface area contributed by atoms with Crippen LogP contribution in [0.15, 0.2) is 12.3 Å². The van der Waals surface area contributed by atoms with Gasteiger partial charge in [0.25, 0.3) is 0 Å². The number of nitrogens with two attached hydrogens (primary N) is 1. The molecule has 1 saturated heterocycles. The molecule has 3 nitrogen and oxygen atoms in total. The van der Waals surface area contributed by atoms with Gasteiger partial charge >= 0.3 is 0 Å². The van der Waals surface area contributed by atoms with E-state index in [1.54, 1.807) is 0 Å². The summed E-state index contributed by atoms with van der Waals surface area (Å²) in [6.45, 7) is 9.57. The van der Waals surface area contributed by atoms with Crippen molar-refractivity contribution in [2.75, 3.05) is 18.0 Å². The van der Waals surface area contributed by atoms with Crippen LogP contribution < -0.4 is 10.6 Å². The van der Waals surface area contributed by atoms with Gasteiger partial charge in [0.15, 0.2) is 0 Å². The number of hydrogen-bond acceptors (Lipinski definition) is 3. The first-order chi connectivity index (χ1) is 8.13. The molecular weight excluding hydrogens is 210 g/mol. The van der Waals surface area contributed by atoms with Gasteiger partial charge in [0.05, 0.1) is 0 Å². The first-order valence-electron chi connectivity index (χ1n) is 6.53. The van der Waals surface area contributed by atoms with E-state index in [4.69, 9.17) is 5.73 Å². The van der Waals surface area contributed by atoms with Crippen LogP contribution in [0.4, 0.5) is 5.82 Å². The van der Waals surface area contributed by atoms with Gasteiger partial charge in [0, 0.05) is 31.4 Å². The minimum atomic E-state index is 0.579. The predicted molar refractivity (Wildman–Crippen MR) is 72.0 cm³/mol. The molecule has 1 aromatic rings. The second kappa shape index (κ2) is 5.05. The summed E-state index contributed by atoms with van der Waals surface area (Å²) in [5.41, 5.74) is 8.31. The fraction of sp³-hybridized carbons (Fsp3) is 0.643. The zero-order valence-corrected chi connectivity index (χ0v) is 11.1. The average Bonchev–Trinajstić information content (AvgIpc) is 2.32. The molecule has 0 bridgehead atoms. The highest BCUT2D eigenvalue weighted by atomic mass is 15.2. The molecule has 3 heteroatoms. The molecule has 0 aromatic carbocycles. The summed E-state index contributed by atoms with van der Waals surface area (Å²) in [5, 5.41) is 0. The maximum absolute atomic E-state index is 5.85. The van der Waals surface area contributed by atoms with Crippen LogP contribution in [0.25, 0.3) is 0 Å². The molecule has 2 N–H and O–H groups in total. The Morgan fingerprint density at radius 1 is 1.41 bits per heavy atom. The molecule has 1 aliphatic heterocycles. The third-order valence-electron chi connectivity index (χ3n) is 4.11. The van der Waals surface area contributed by atoms with Crippen LogP contribution in [0.1, 0.15) is 31.4 Å². The van der Waals surface area contributed by atoms with Crippen molar-refractivity contribution in [1.29, 1.82) is 0 Å². The summed E-state index contributed by atoms with van der Waals surface area (Å²) < 4.78 is 0. The zero-order chi connectivity index (χ0) is 12.4. The molecule has 2 atom stereocenters. The highest BCUT2D eigenvalue weighted by Crippen LogP contribution is 2.28. The molecular formula is C14H23N3. The molecule has 1 fully saturated rings. The van der Waals surface area contributed by atoms with Crippen LogP contribution in [0.2, 0.25) is 0 Å². The van der Waals surface area contributed by atoms with E-state index in [1.165, 1.54) is 17.5 Å². The first kappa shape index (κ1) is 12.4. The Hall–Kier alpha value is -1.09. The molecule has 1 aromatic heterocycles. The van der Waals surface area contributed by atoms with Crippen LogP contribution >= 0.6 is 0 Å². The molecule has 2 unspecified atom stereocenters. The highest BCUT2D eigenvalue weighted by molar-refractivity contribution is 5.50. The van der Waals surface area contributed by atoms with E-state index in [1.807, 2.05) is 12.3 Å². The summed E-state index contributed by atoms with van der Waals surface area (Å²) in [7, 11) is 0. The minimum absolute atomic E-state index is 0.579. The summed E-state index contributed by atoms with van der Waals surface area (Å²) in [6, 6.07) is 2.04. The van der Waals surface area contributed by atoms with Crippen LogP contribution in [-0.4, -0.2) is 18.1 Å². The number of piperidine rings is 1. The molecule has 1 aliphatic rings. The molecule has 0 amide bonds. The van der Waals surface area contributed by atoms with Gasteiger partial charge in [-0.2, -0.15) is 0 Å². The lowest BCUT2D eigenvalue weighted by Gasteiger charge is -2.37. The molecule has 0 spiro atoms. The van der Waals surface area contributed by atoms with E-state index in [0.29, 0.717) is 6.54 Å². The normalized spacial score (nSPS) is 25.1. The standard InChI is InChI=1S/C14H23N3/c1-10-5-7-17(9-12(10)3)14-13(8-15)11(2)4-6-16-14/h4,6,10,12H,5,7-9,15H2,1-3H3. The van der Waals surface area contributed by atoms with Crippen molar-refractivity contribution >= 4 is 5.82 Å². The topological polar surface area (TPSA) is 42.2 Å². The van der Waals surface area contributed by atoms with Crippen molar-refractivity contribution in [3.8, 4) is 0 Å². The van der Waals surface area contributed by atoms with E-state index < -0.39 is 0 Å². The van der Waals surface area contributed by atoms with Gasteiger partial charge in [-0.05, 0) is 36.8 Å². The third-order valence-corrected chi connectivity index (χ3v) is 4.11. The average molecular weight is 233 g/mol. The van der Waals surface area contributed by atoms with E-state index in [2.05, 4.69) is 30.7 Å². The maximum atomic E-state index is 5.85. The number of aryl methyl sites for hydroxylation is 1. The Bertz CT molecular complexity index is 389. The Kier molecular flexibility index (Phi) is 3.67. The first-order valence-corrected chi connectivity index (χ1v) is 6.53. The van der Waals surface area contributed by atoms with Gasteiger partial charge in [-0.3, -0.25) is 0 Å². The molecule has 0 radical (unpaired) electrons. The number of aromatic nitrogens is 1. The maximum Gasteiger partial charge on any atom is 0.133 e. The fourth-order valence-corrected chi connectivity index (χ4v) is 2.55. The Morgan fingerprint density at radius 2 is 2.18 bits per heavy atom. The lowest BCUT2D eigenvalue weighted by Crippen LogP contribution is -2.39. The Labute approximate surface area is 104 Å². The third kappa shape index (κ3) is 2.44. The molecule has 0 aliphatic carbocycles. The number of hydrogen-bond donors (Lipinski definition) is 1. The highest BCUT2D eigenvalue weighted by Gasteiger charge is 2.24. The van der Waals surface area contributed by atoms with Crippen molar-refractivity contribution in [3.63, 3.8) is 0 Å². The van der Waals surface area contributed by atoms with Crippen LogP contribution in [0.3, 0.4) is 0 Å². The molecule has 17 heavy (non-hydrogen) atoms. The SMILES string of the molecule is Cc1ccnc(N2CCC(C)C(C)C2)c1CN. The van der Waals surface area contributed by atoms with Gasteiger partial charge in [0.2, 0.25) is 0 Å². The smallest absolute Gasteiger partial charge is 0.133 e. The van der Waals surface area contributed by atoms with Crippen molar-refractivity contribution in [2.45, 2.75) is 33.7 Å². The predicted octanol–water partition coefficient (Wildman–Crippen LogP) is 2.33. The van der Waals surface area contributed by atoms with Crippen molar-refractivity contribution in [3.05, 3.63) is 23.4 Å². The zero-order valence-electron chi connectivity index (χ0n) is 11.1. The Morgan fingerprint density at radius 3 is 2.82 bits per heavy atom. The monoisotopic (exact) mass is 233 g/mol. The van der Waals surface area contributed by atoms with Gasteiger partial charge in [-0.15, -0.1) is 0 Å². The lowest BCUT2D eigenvalue weighted by atomic mass is 9.88. The molecule has 0 saturated carbocycles. The van der Waals surface area contributed by atoms with Gasteiger partial charge in [-0.1, -0.05) is 13.8 Å². The van der Waals surface area contributed by atoms with E-state index in [-0.39, 0.29) is 0 Å². The molecule has 94 valence electrons. The van der Waals surface area contributed by atoms with Crippen LogP contribution in [0.5, 0.6) is 0 Å². The number of anilines is 1. The summed E-state index contributed by atoms with van der Waals surface area (Å²) in [4.78, 5) is 6.94. The van der Waals surface area contributed by atoms with Gasteiger partial charge in [-0.25, -0.2) is 4.98 Å². The second-order valence-electron chi connectivity index (χ2n) is 5.32. The van der Waals surface area contributed by atoms with E-state index in [0.717, 1.165) is 30.7 Å². The fourth-order valence-electron chi connectivity index (χ4n) is 2.55. The van der Waals surface area contributed by atoms with Crippen molar-refractivity contribution < 1.29 is 0 Å². The Balaban J connectivity index is 2.25. The van der Waals surface area contributed by atoms with Crippen LogP contribution in [-0.2, 0) is 6.54 Å². The quantitative estimate of drug-likeness (QED) is 0.852.